The summed E-state index contributed by atoms with van der Waals surface area (Å²) in [4.78, 5) is 12.0. The molecular weight excluding hydrogens is 284 g/mol. The Labute approximate surface area is 110 Å². The van der Waals surface area contributed by atoms with Crippen LogP contribution in [0.3, 0.4) is 0 Å². The Morgan fingerprint density at radius 2 is 2.06 bits per heavy atom. The summed E-state index contributed by atoms with van der Waals surface area (Å²) >= 11 is 3.36. The summed E-state index contributed by atoms with van der Waals surface area (Å²) < 4.78 is 6.59. The summed E-state index contributed by atoms with van der Waals surface area (Å²) in [7, 11) is 1.93. The molecule has 1 aromatic carbocycles. The molecule has 4 nitrogen and oxygen atoms in total. The number of hydrogen-bond donors (Lipinski definition) is 2. The third-order valence-electron chi connectivity index (χ3n) is 2.74. The fraction of sp³-hybridized carbons (Fsp3) is 0.417. The molecular formula is C12H18BrN2O2+. The summed E-state index contributed by atoms with van der Waals surface area (Å²) in [6.45, 7) is 3.11. The van der Waals surface area contributed by atoms with E-state index in [1.807, 2.05) is 38.2 Å². The topological polar surface area (TPSA) is 56.8 Å². The molecule has 0 fully saturated rings. The third-order valence-corrected chi connectivity index (χ3v) is 3.27. The first kappa shape index (κ1) is 14.0. The second-order valence-electron chi connectivity index (χ2n) is 4.02. The van der Waals surface area contributed by atoms with Crippen LogP contribution >= 0.6 is 15.9 Å². The number of carbonyl (C=O) groups is 1. The minimum atomic E-state index is -0.286. The number of hydrogen-bond acceptors (Lipinski definition) is 2. The lowest BCUT2D eigenvalue weighted by molar-refractivity contribution is -0.894. The Bertz CT molecular complexity index is 367. The van der Waals surface area contributed by atoms with Gasteiger partial charge >= 0.3 is 0 Å². The maximum atomic E-state index is 11.0. The van der Waals surface area contributed by atoms with Crippen molar-refractivity contribution in [3.63, 3.8) is 0 Å². The van der Waals surface area contributed by atoms with Crippen molar-refractivity contribution in [3.05, 3.63) is 28.7 Å². The van der Waals surface area contributed by atoms with E-state index in [4.69, 9.17) is 10.5 Å². The van der Waals surface area contributed by atoms with Gasteiger partial charge in [0.1, 0.15) is 18.9 Å². The quantitative estimate of drug-likeness (QED) is 0.790. The van der Waals surface area contributed by atoms with Crippen LogP contribution < -0.4 is 15.4 Å². The zero-order chi connectivity index (χ0) is 12.8. The van der Waals surface area contributed by atoms with E-state index >= 15 is 0 Å². The SMILES string of the molecule is C[C@H](C(N)=O)[NH+](C)CCOc1ccc(Br)cc1. The van der Waals surface area contributed by atoms with Crippen LogP contribution in [-0.2, 0) is 4.79 Å². The molecule has 0 saturated heterocycles. The number of benzene rings is 1. The number of halogens is 1. The summed E-state index contributed by atoms with van der Waals surface area (Å²) in [5.41, 5.74) is 5.23. The summed E-state index contributed by atoms with van der Waals surface area (Å²) in [6.07, 6.45) is 0. The van der Waals surface area contributed by atoms with Gasteiger partial charge in [-0.25, -0.2) is 0 Å². The van der Waals surface area contributed by atoms with Gasteiger partial charge in [0.15, 0.2) is 6.04 Å². The van der Waals surface area contributed by atoms with Crippen LogP contribution in [0.4, 0.5) is 0 Å². The zero-order valence-electron chi connectivity index (χ0n) is 10.1. The van der Waals surface area contributed by atoms with Crippen molar-refractivity contribution in [2.75, 3.05) is 20.2 Å². The van der Waals surface area contributed by atoms with Crippen LogP contribution in [0, 0.1) is 0 Å². The van der Waals surface area contributed by atoms with E-state index in [1.54, 1.807) is 0 Å². The first-order chi connectivity index (χ1) is 8.00. The second kappa shape index (κ2) is 6.61. The Balaban J connectivity index is 2.32. The fourth-order valence-electron chi connectivity index (χ4n) is 1.32. The summed E-state index contributed by atoms with van der Waals surface area (Å²) in [6, 6.07) is 7.47. The van der Waals surface area contributed by atoms with Crippen molar-refractivity contribution in [2.45, 2.75) is 13.0 Å². The predicted octanol–water partition coefficient (Wildman–Crippen LogP) is 0.216. The highest BCUT2D eigenvalue weighted by molar-refractivity contribution is 9.10. The van der Waals surface area contributed by atoms with Gasteiger partial charge in [-0.05, 0) is 31.2 Å². The van der Waals surface area contributed by atoms with Crippen molar-refractivity contribution in [1.82, 2.24) is 0 Å². The Morgan fingerprint density at radius 3 is 2.59 bits per heavy atom. The van der Waals surface area contributed by atoms with Gasteiger partial charge in [-0.2, -0.15) is 0 Å². The molecule has 0 heterocycles. The molecule has 0 spiro atoms. The van der Waals surface area contributed by atoms with Gasteiger partial charge in [-0.3, -0.25) is 4.79 Å². The molecule has 17 heavy (non-hydrogen) atoms. The molecule has 0 saturated carbocycles. The molecule has 0 bridgehead atoms. The van der Waals surface area contributed by atoms with E-state index in [1.165, 1.54) is 0 Å². The number of quaternary nitrogens is 1. The highest BCUT2D eigenvalue weighted by Crippen LogP contribution is 2.15. The van der Waals surface area contributed by atoms with E-state index in [9.17, 15) is 4.79 Å². The van der Waals surface area contributed by atoms with E-state index in [2.05, 4.69) is 15.9 Å². The monoisotopic (exact) mass is 301 g/mol. The van der Waals surface area contributed by atoms with E-state index in [0.29, 0.717) is 6.61 Å². The van der Waals surface area contributed by atoms with Crippen LogP contribution in [0.5, 0.6) is 5.75 Å². The number of nitrogens with one attached hydrogen (secondary N) is 1. The van der Waals surface area contributed by atoms with Crippen molar-refractivity contribution in [3.8, 4) is 5.75 Å². The molecule has 1 aromatic rings. The number of nitrogens with two attached hydrogens (primary N) is 1. The molecule has 0 radical (unpaired) electrons. The van der Waals surface area contributed by atoms with Gasteiger partial charge in [0.2, 0.25) is 0 Å². The average molecular weight is 302 g/mol. The van der Waals surface area contributed by atoms with Crippen LogP contribution in [0.2, 0.25) is 0 Å². The number of likely N-dealkylation sites (N-methyl/N-ethyl adjacent to an activating group) is 1. The highest BCUT2D eigenvalue weighted by Gasteiger charge is 2.17. The van der Waals surface area contributed by atoms with Gasteiger partial charge in [-0.1, -0.05) is 15.9 Å². The summed E-state index contributed by atoms with van der Waals surface area (Å²) in [5.74, 6) is 0.541. The second-order valence-corrected chi connectivity index (χ2v) is 4.94. The van der Waals surface area contributed by atoms with Crippen LogP contribution in [-0.4, -0.2) is 32.1 Å². The number of primary amides is 1. The molecule has 5 heteroatoms. The lowest BCUT2D eigenvalue weighted by Crippen LogP contribution is -3.14. The van der Waals surface area contributed by atoms with Crippen molar-refractivity contribution < 1.29 is 14.4 Å². The van der Waals surface area contributed by atoms with Gasteiger partial charge in [-0.15, -0.1) is 0 Å². The van der Waals surface area contributed by atoms with Gasteiger partial charge < -0.3 is 15.4 Å². The summed E-state index contributed by atoms with van der Waals surface area (Å²) in [5, 5.41) is 0. The Morgan fingerprint density at radius 1 is 1.47 bits per heavy atom. The number of amides is 1. The molecule has 0 aliphatic heterocycles. The molecule has 3 N–H and O–H groups in total. The Hall–Kier alpha value is -1.07. The predicted molar refractivity (Wildman–Crippen MR) is 70.0 cm³/mol. The van der Waals surface area contributed by atoms with Gasteiger partial charge in [0.25, 0.3) is 5.91 Å². The largest absolute Gasteiger partial charge is 0.488 e. The molecule has 0 aliphatic rings. The molecule has 0 aliphatic carbocycles. The number of ether oxygens (including phenoxy) is 1. The van der Waals surface area contributed by atoms with E-state index in [0.717, 1.165) is 21.7 Å². The molecule has 94 valence electrons. The first-order valence-electron chi connectivity index (χ1n) is 5.50. The fourth-order valence-corrected chi connectivity index (χ4v) is 1.58. The number of rotatable bonds is 6. The zero-order valence-corrected chi connectivity index (χ0v) is 11.7. The maximum Gasteiger partial charge on any atom is 0.275 e. The minimum Gasteiger partial charge on any atom is -0.488 e. The first-order valence-corrected chi connectivity index (χ1v) is 6.30. The lowest BCUT2D eigenvalue weighted by Gasteiger charge is -2.18. The maximum absolute atomic E-state index is 11.0. The average Bonchev–Trinajstić information content (AvgIpc) is 2.30. The lowest BCUT2D eigenvalue weighted by atomic mass is 10.3. The smallest absolute Gasteiger partial charge is 0.275 e. The molecule has 2 atom stereocenters. The standard InChI is InChI=1S/C12H17BrN2O2/c1-9(12(14)16)15(2)7-8-17-11-5-3-10(13)4-6-11/h3-6,9H,7-8H2,1-2H3,(H2,14,16)/p+1/t9-/m1/s1. The van der Waals surface area contributed by atoms with Gasteiger partial charge in [0, 0.05) is 4.47 Å². The molecule has 1 rings (SSSR count). The number of carbonyl (C=O) groups excluding carboxylic acids is 1. The van der Waals surface area contributed by atoms with Crippen LogP contribution in [0.15, 0.2) is 28.7 Å². The molecule has 1 amide bonds. The molecule has 0 aromatic heterocycles. The minimum absolute atomic E-state index is 0.191. The van der Waals surface area contributed by atoms with Crippen molar-refractivity contribution >= 4 is 21.8 Å². The Kier molecular flexibility index (Phi) is 5.44. The van der Waals surface area contributed by atoms with E-state index < -0.39 is 0 Å². The van der Waals surface area contributed by atoms with E-state index in [-0.39, 0.29) is 11.9 Å². The van der Waals surface area contributed by atoms with Crippen LogP contribution in [0.25, 0.3) is 0 Å². The van der Waals surface area contributed by atoms with Crippen molar-refractivity contribution in [1.29, 1.82) is 0 Å². The van der Waals surface area contributed by atoms with Crippen LogP contribution in [0.1, 0.15) is 6.92 Å². The third kappa shape index (κ3) is 4.75. The normalized spacial score (nSPS) is 14.1. The van der Waals surface area contributed by atoms with Gasteiger partial charge in [0.05, 0.1) is 7.05 Å². The highest BCUT2D eigenvalue weighted by atomic mass is 79.9. The molecule has 1 unspecified atom stereocenters. The van der Waals surface area contributed by atoms with Crippen molar-refractivity contribution in [2.24, 2.45) is 5.73 Å².